The number of rotatable bonds is 5. The second-order valence-corrected chi connectivity index (χ2v) is 9.56. The number of amides is 1. The van der Waals surface area contributed by atoms with Crippen LogP contribution in [-0.2, 0) is 4.79 Å². The quantitative estimate of drug-likeness (QED) is 0.460. The third-order valence-electron chi connectivity index (χ3n) is 7.35. The average molecular weight is 486 g/mol. The zero-order chi connectivity index (χ0) is 24.6. The van der Waals surface area contributed by atoms with Crippen LogP contribution in [0.15, 0.2) is 60.8 Å². The van der Waals surface area contributed by atoms with Crippen molar-refractivity contribution in [1.29, 1.82) is 0 Å². The second kappa shape index (κ2) is 9.22. The SMILES string of the molecule is NC(=O)C1CCN(c2cccc(-c3cnc4ccc(N5CCC[C@@H]5c5cccc(F)c5)nn34)n2)CC1. The van der Waals surface area contributed by atoms with Crippen LogP contribution in [0.1, 0.15) is 37.3 Å². The van der Waals surface area contributed by atoms with Gasteiger partial charge in [0.05, 0.1) is 17.9 Å². The van der Waals surface area contributed by atoms with Crippen LogP contribution in [0.25, 0.3) is 17.0 Å². The fourth-order valence-electron chi connectivity index (χ4n) is 5.43. The number of anilines is 2. The zero-order valence-corrected chi connectivity index (χ0v) is 19.9. The summed E-state index contributed by atoms with van der Waals surface area (Å²) in [5.74, 6) is 1.20. The number of hydrogen-bond acceptors (Lipinski definition) is 6. The number of nitrogens with zero attached hydrogens (tertiary/aromatic N) is 6. The van der Waals surface area contributed by atoms with Crippen LogP contribution in [0, 0.1) is 11.7 Å². The smallest absolute Gasteiger partial charge is 0.220 e. The Balaban J connectivity index is 1.30. The van der Waals surface area contributed by atoms with E-state index in [1.165, 1.54) is 6.07 Å². The van der Waals surface area contributed by atoms with Crippen molar-refractivity contribution in [2.45, 2.75) is 31.7 Å². The summed E-state index contributed by atoms with van der Waals surface area (Å²) in [6.45, 7) is 2.35. The Morgan fingerprint density at radius 1 is 0.972 bits per heavy atom. The molecule has 4 aromatic rings. The topological polar surface area (TPSA) is 92.7 Å². The van der Waals surface area contributed by atoms with E-state index in [1.54, 1.807) is 18.3 Å². The lowest BCUT2D eigenvalue weighted by molar-refractivity contribution is -0.122. The van der Waals surface area contributed by atoms with Gasteiger partial charge in [-0.05, 0) is 67.6 Å². The number of imidazole rings is 1. The summed E-state index contributed by atoms with van der Waals surface area (Å²) < 4.78 is 15.7. The molecule has 0 aliphatic carbocycles. The summed E-state index contributed by atoms with van der Waals surface area (Å²) in [4.78, 5) is 25.4. The van der Waals surface area contributed by atoms with E-state index in [9.17, 15) is 9.18 Å². The van der Waals surface area contributed by atoms with Gasteiger partial charge in [-0.2, -0.15) is 0 Å². The van der Waals surface area contributed by atoms with Gasteiger partial charge in [-0.3, -0.25) is 4.79 Å². The van der Waals surface area contributed by atoms with E-state index < -0.39 is 0 Å². The van der Waals surface area contributed by atoms with Crippen LogP contribution in [0.3, 0.4) is 0 Å². The van der Waals surface area contributed by atoms with Gasteiger partial charge in [-0.25, -0.2) is 18.9 Å². The van der Waals surface area contributed by atoms with Crippen molar-refractivity contribution in [1.82, 2.24) is 19.6 Å². The lowest BCUT2D eigenvalue weighted by Crippen LogP contribution is -2.38. The van der Waals surface area contributed by atoms with Gasteiger partial charge in [-0.1, -0.05) is 18.2 Å². The number of halogens is 1. The van der Waals surface area contributed by atoms with Crippen molar-refractivity contribution in [2.24, 2.45) is 11.7 Å². The highest BCUT2D eigenvalue weighted by Crippen LogP contribution is 2.36. The van der Waals surface area contributed by atoms with Crippen molar-refractivity contribution in [2.75, 3.05) is 29.4 Å². The fraction of sp³-hybridized carbons (Fsp3) is 0.333. The maximum Gasteiger partial charge on any atom is 0.220 e. The third-order valence-corrected chi connectivity index (χ3v) is 7.35. The van der Waals surface area contributed by atoms with Crippen molar-refractivity contribution < 1.29 is 9.18 Å². The van der Waals surface area contributed by atoms with E-state index in [0.717, 1.165) is 79.6 Å². The molecule has 0 spiro atoms. The highest BCUT2D eigenvalue weighted by atomic mass is 19.1. The molecule has 0 saturated carbocycles. The lowest BCUT2D eigenvalue weighted by Gasteiger charge is -2.31. The Kier molecular flexibility index (Phi) is 5.75. The first-order valence-corrected chi connectivity index (χ1v) is 12.5. The highest BCUT2D eigenvalue weighted by molar-refractivity contribution is 5.77. The van der Waals surface area contributed by atoms with Crippen molar-refractivity contribution in [3.8, 4) is 11.4 Å². The Morgan fingerprint density at radius 3 is 2.61 bits per heavy atom. The maximum atomic E-state index is 13.9. The summed E-state index contributed by atoms with van der Waals surface area (Å²) in [5.41, 5.74) is 8.79. The largest absolute Gasteiger partial charge is 0.369 e. The van der Waals surface area contributed by atoms with Gasteiger partial charge < -0.3 is 15.5 Å². The summed E-state index contributed by atoms with van der Waals surface area (Å²) in [6, 6.07) is 16.8. The molecule has 0 radical (unpaired) electrons. The van der Waals surface area contributed by atoms with E-state index >= 15 is 0 Å². The zero-order valence-electron chi connectivity index (χ0n) is 19.9. The first-order valence-electron chi connectivity index (χ1n) is 12.5. The summed E-state index contributed by atoms with van der Waals surface area (Å²) in [5, 5.41) is 4.94. The summed E-state index contributed by atoms with van der Waals surface area (Å²) in [6.07, 6.45) is 5.25. The molecular formula is C27H28FN7O. The van der Waals surface area contributed by atoms with Gasteiger partial charge >= 0.3 is 0 Å². The molecule has 3 aromatic heterocycles. The van der Waals surface area contributed by atoms with Gasteiger partial charge in [0.15, 0.2) is 5.65 Å². The Hall–Kier alpha value is -4.01. The van der Waals surface area contributed by atoms with Crippen LogP contribution >= 0.6 is 0 Å². The van der Waals surface area contributed by atoms with Crippen LogP contribution in [0.5, 0.6) is 0 Å². The molecule has 1 aromatic carbocycles. The maximum absolute atomic E-state index is 13.9. The molecule has 8 nitrogen and oxygen atoms in total. The number of piperidine rings is 1. The molecule has 9 heteroatoms. The fourth-order valence-corrected chi connectivity index (χ4v) is 5.43. The first kappa shape index (κ1) is 22.5. The van der Waals surface area contributed by atoms with Gasteiger partial charge in [-0.15, -0.1) is 5.10 Å². The summed E-state index contributed by atoms with van der Waals surface area (Å²) in [7, 11) is 0. The molecule has 184 valence electrons. The number of benzene rings is 1. The van der Waals surface area contributed by atoms with Crippen LogP contribution in [0.4, 0.5) is 16.0 Å². The number of nitrogens with two attached hydrogens (primary N) is 1. The van der Waals surface area contributed by atoms with Crippen LogP contribution < -0.4 is 15.5 Å². The highest BCUT2D eigenvalue weighted by Gasteiger charge is 2.28. The number of hydrogen-bond donors (Lipinski definition) is 1. The molecule has 6 rings (SSSR count). The van der Waals surface area contributed by atoms with Gasteiger partial charge in [0.25, 0.3) is 0 Å². The molecule has 1 amide bonds. The molecule has 0 bridgehead atoms. The number of carbonyl (C=O) groups is 1. The van der Waals surface area contributed by atoms with E-state index in [2.05, 4.69) is 14.8 Å². The molecule has 2 N–H and O–H groups in total. The van der Waals surface area contributed by atoms with Crippen LogP contribution in [0.2, 0.25) is 0 Å². The van der Waals surface area contributed by atoms with Gasteiger partial charge in [0.2, 0.25) is 5.91 Å². The number of pyridine rings is 1. The molecule has 2 fully saturated rings. The average Bonchev–Trinajstić information content (AvgIpc) is 3.56. The molecular weight excluding hydrogens is 457 g/mol. The Labute approximate surface area is 208 Å². The number of carbonyl (C=O) groups excluding carboxylic acids is 1. The van der Waals surface area contributed by atoms with Crippen molar-refractivity contribution >= 4 is 23.2 Å². The molecule has 5 heterocycles. The van der Waals surface area contributed by atoms with Gasteiger partial charge in [0.1, 0.15) is 23.1 Å². The van der Waals surface area contributed by atoms with Crippen LogP contribution in [-0.4, -0.2) is 45.1 Å². The van der Waals surface area contributed by atoms with E-state index in [0.29, 0.717) is 0 Å². The Morgan fingerprint density at radius 2 is 1.81 bits per heavy atom. The predicted octanol–water partition coefficient (Wildman–Crippen LogP) is 3.97. The molecule has 2 aliphatic heterocycles. The third kappa shape index (κ3) is 4.14. The normalized spacial score (nSPS) is 18.8. The number of aromatic nitrogens is 4. The predicted molar refractivity (Wildman–Crippen MR) is 136 cm³/mol. The second-order valence-electron chi connectivity index (χ2n) is 9.56. The number of fused-ring (bicyclic) bond motifs is 1. The molecule has 36 heavy (non-hydrogen) atoms. The molecule has 1 atom stereocenters. The first-order chi connectivity index (χ1) is 17.6. The summed E-state index contributed by atoms with van der Waals surface area (Å²) >= 11 is 0. The minimum absolute atomic E-state index is 0.0624. The monoisotopic (exact) mass is 485 g/mol. The Bertz CT molecular complexity index is 1410. The van der Waals surface area contributed by atoms with Crippen molar-refractivity contribution in [3.05, 3.63) is 72.2 Å². The van der Waals surface area contributed by atoms with E-state index in [-0.39, 0.29) is 23.7 Å². The van der Waals surface area contributed by atoms with E-state index in [4.69, 9.17) is 15.8 Å². The standard InChI is InChI=1S/C27H28FN7O/c28-20-5-1-4-19(16-20)22-7-3-13-34(22)26-10-9-24-30-17-23(35(24)32-26)21-6-2-8-25(31-21)33-14-11-18(12-15-33)27(29)36/h1-2,4-6,8-10,16-18,22H,3,7,11-15H2,(H2,29,36)/t22-/m1/s1. The van der Waals surface area contributed by atoms with Crippen molar-refractivity contribution in [3.63, 3.8) is 0 Å². The van der Waals surface area contributed by atoms with E-state index in [1.807, 2.05) is 40.9 Å². The minimum atomic E-state index is -0.221. The molecule has 2 saturated heterocycles. The molecule has 0 unspecified atom stereocenters. The lowest BCUT2D eigenvalue weighted by atomic mass is 9.96. The van der Waals surface area contributed by atoms with Gasteiger partial charge in [0, 0.05) is 25.6 Å². The molecule has 2 aliphatic rings. The number of primary amides is 1. The minimum Gasteiger partial charge on any atom is -0.369 e.